The monoisotopic (exact) mass is 438 g/mol. The number of nitrogens with one attached hydrogen (secondary N) is 2. The summed E-state index contributed by atoms with van der Waals surface area (Å²) in [6.07, 6.45) is 7.25. The van der Waals surface area contributed by atoms with Crippen molar-refractivity contribution in [2.24, 2.45) is 11.8 Å². The molecule has 32 heavy (non-hydrogen) atoms. The molecule has 2 heterocycles. The average molecular weight is 439 g/mol. The van der Waals surface area contributed by atoms with Gasteiger partial charge < -0.3 is 10.2 Å². The van der Waals surface area contributed by atoms with Gasteiger partial charge in [0, 0.05) is 25.1 Å². The summed E-state index contributed by atoms with van der Waals surface area (Å²) in [6, 6.07) is 9.04. The van der Waals surface area contributed by atoms with Crippen molar-refractivity contribution in [1.82, 2.24) is 20.7 Å². The molecule has 2 saturated heterocycles. The van der Waals surface area contributed by atoms with Crippen LogP contribution in [0.3, 0.4) is 0 Å². The maximum atomic E-state index is 12.9. The molecule has 8 nitrogen and oxygen atoms in total. The molecule has 1 aliphatic carbocycles. The number of piperidine rings is 1. The standard InChI is InChI=1S/C24H30N4O4/c1-17-9-13-24(14-10-17)22(31)28(23(32)25-24)26-21(30)19-11-15-27(16-12-19)20(29)8-7-18-5-3-2-4-6-18/h2-8,17,19H,9-16H2,1H3,(H,25,32)(H,26,30)/b8-7+. The van der Waals surface area contributed by atoms with Crippen LogP contribution < -0.4 is 10.7 Å². The molecule has 0 atom stereocenters. The molecule has 8 heteroatoms. The van der Waals surface area contributed by atoms with Gasteiger partial charge in [-0.15, -0.1) is 0 Å². The third kappa shape index (κ3) is 4.54. The lowest BCUT2D eigenvalue weighted by molar-refractivity contribution is -0.142. The van der Waals surface area contributed by atoms with E-state index in [4.69, 9.17) is 0 Å². The highest BCUT2D eigenvalue weighted by molar-refractivity contribution is 6.08. The fourth-order valence-corrected chi connectivity index (χ4v) is 4.72. The molecular weight excluding hydrogens is 408 g/mol. The summed E-state index contributed by atoms with van der Waals surface area (Å²) >= 11 is 0. The molecule has 2 aliphatic heterocycles. The van der Waals surface area contributed by atoms with Crippen LogP contribution in [0.15, 0.2) is 36.4 Å². The van der Waals surface area contributed by atoms with E-state index in [9.17, 15) is 19.2 Å². The number of hydrogen-bond acceptors (Lipinski definition) is 4. The quantitative estimate of drug-likeness (QED) is 0.557. The fraction of sp³-hybridized carbons (Fsp3) is 0.500. The van der Waals surface area contributed by atoms with Crippen LogP contribution in [-0.2, 0) is 14.4 Å². The van der Waals surface area contributed by atoms with Gasteiger partial charge in [-0.25, -0.2) is 4.79 Å². The van der Waals surface area contributed by atoms with Crippen molar-refractivity contribution in [3.63, 3.8) is 0 Å². The van der Waals surface area contributed by atoms with Crippen LogP contribution in [0.4, 0.5) is 4.79 Å². The number of carbonyl (C=O) groups is 4. The second-order valence-electron chi connectivity index (χ2n) is 9.15. The van der Waals surface area contributed by atoms with Crippen molar-refractivity contribution < 1.29 is 19.2 Å². The summed E-state index contributed by atoms with van der Waals surface area (Å²) in [6.45, 7) is 3.05. The van der Waals surface area contributed by atoms with Crippen LogP contribution >= 0.6 is 0 Å². The Labute approximate surface area is 188 Å². The minimum atomic E-state index is -0.877. The lowest BCUT2D eigenvalue weighted by Crippen LogP contribution is -2.53. The van der Waals surface area contributed by atoms with Crippen molar-refractivity contribution in [3.8, 4) is 0 Å². The highest BCUT2D eigenvalue weighted by Gasteiger charge is 2.53. The summed E-state index contributed by atoms with van der Waals surface area (Å²) < 4.78 is 0. The molecule has 0 unspecified atom stereocenters. The summed E-state index contributed by atoms with van der Waals surface area (Å²) in [5.74, 6) is -0.608. The highest BCUT2D eigenvalue weighted by Crippen LogP contribution is 2.36. The first-order valence-corrected chi connectivity index (χ1v) is 11.4. The molecular formula is C24H30N4O4. The Bertz CT molecular complexity index is 913. The number of benzene rings is 1. The first kappa shape index (κ1) is 22.0. The van der Waals surface area contributed by atoms with Gasteiger partial charge in [-0.05, 0) is 56.1 Å². The van der Waals surface area contributed by atoms with Gasteiger partial charge in [-0.3, -0.25) is 19.8 Å². The maximum Gasteiger partial charge on any atom is 0.344 e. The molecule has 1 saturated carbocycles. The van der Waals surface area contributed by atoms with Gasteiger partial charge in [0.15, 0.2) is 0 Å². The van der Waals surface area contributed by atoms with Crippen LogP contribution in [0.5, 0.6) is 0 Å². The lowest BCUT2D eigenvalue weighted by atomic mass is 9.77. The van der Waals surface area contributed by atoms with Crippen LogP contribution in [0.25, 0.3) is 6.08 Å². The first-order valence-electron chi connectivity index (χ1n) is 11.4. The first-order chi connectivity index (χ1) is 15.4. The van der Waals surface area contributed by atoms with Crippen LogP contribution in [-0.4, -0.2) is 52.3 Å². The molecule has 3 aliphatic rings. The molecule has 1 aromatic rings. The molecule has 1 aromatic carbocycles. The Balaban J connectivity index is 1.28. The van der Waals surface area contributed by atoms with E-state index in [1.807, 2.05) is 30.3 Å². The smallest absolute Gasteiger partial charge is 0.339 e. The van der Waals surface area contributed by atoms with Gasteiger partial charge in [0.1, 0.15) is 5.54 Å². The predicted octanol–water partition coefficient (Wildman–Crippen LogP) is 2.47. The number of nitrogens with zero attached hydrogens (tertiary/aromatic N) is 2. The van der Waals surface area contributed by atoms with Gasteiger partial charge in [-0.1, -0.05) is 37.3 Å². The molecule has 0 aromatic heterocycles. The van der Waals surface area contributed by atoms with Crippen molar-refractivity contribution in [3.05, 3.63) is 42.0 Å². The number of rotatable bonds is 4. The Morgan fingerprint density at radius 2 is 1.72 bits per heavy atom. The second kappa shape index (κ2) is 9.14. The normalized spacial score (nSPS) is 26.6. The van der Waals surface area contributed by atoms with Gasteiger partial charge in [0.2, 0.25) is 11.8 Å². The average Bonchev–Trinajstić information content (AvgIpc) is 3.04. The van der Waals surface area contributed by atoms with Gasteiger partial charge >= 0.3 is 6.03 Å². The minimum absolute atomic E-state index is 0.0877. The molecule has 0 bridgehead atoms. The number of imide groups is 1. The third-order valence-electron chi connectivity index (χ3n) is 6.91. The van der Waals surface area contributed by atoms with E-state index in [2.05, 4.69) is 17.7 Å². The Morgan fingerprint density at radius 3 is 2.38 bits per heavy atom. The number of hydrogen-bond donors (Lipinski definition) is 2. The Kier molecular flexibility index (Phi) is 6.30. The maximum absolute atomic E-state index is 12.9. The van der Waals surface area contributed by atoms with Gasteiger partial charge in [0.25, 0.3) is 5.91 Å². The largest absolute Gasteiger partial charge is 0.344 e. The Morgan fingerprint density at radius 1 is 1.06 bits per heavy atom. The minimum Gasteiger partial charge on any atom is -0.339 e. The summed E-state index contributed by atoms with van der Waals surface area (Å²) in [5.41, 5.74) is 2.61. The van der Waals surface area contributed by atoms with Crippen molar-refractivity contribution in [2.75, 3.05) is 13.1 Å². The molecule has 5 amide bonds. The number of amides is 5. The third-order valence-corrected chi connectivity index (χ3v) is 6.91. The van der Waals surface area contributed by atoms with Crippen molar-refractivity contribution >= 4 is 29.8 Å². The van der Waals surface area contributed by atoms with E-state index in [1.165, 1.54) is 0 Å². The van der Waals surface area contributed by atoms with E-state index in [0.29, 0.717) is 44.7 Å². The molecule has 4 rings (SSSR count). The van der Waals surface area contributed by atoms with Crippen molar-refractivity contribution in [1.29, 1.82) is 0 Å². The molecule has 170 valence electrons. The highest BCUT2D eigenvalue weighted by atomic mass is 16.2. The predicted molar refractivity (Wildman–Crippen MR) is 119 cm³/mol. The second-order valence-corrected chi connectivity index (χ2v) is 9.15. The number of urea groups is 1. The number of likely N-dealkylation sites (tertiary alicyclic amines) is 1. The van der Waals surface area contributed by atoms with Crippen LogP contribution in [0, 0.1) is 11.8 Å². The number of hydrazine groups is 1. The summed E-state index contributed by atoms with van der Waals surface area (Å²) in [5, 5.41) is 3.67. The summed E-state index contributed by atoms with van der Waals surface area (Å²) in [4.78, 5) is 52.2. The number of carbonyl (C=O) groups excluding carboxylic acids is 4. The van der Waals surface area contributed by atoms with Crippen LogP contribution in [0.1, 0.15) is 51.0 Å². The van der Waals surface area contributed by atoms with Crippen LogP contribution in [0.2, 0.25) is 0 Å². The molecule has 3 fully saturated rings. The zero-order valence-corrected chi connectivity index (χ0v) is 18.4. The van der Waals surface area contributed by atoms with Gasteiger partial charge in [0.05, 0.1) is 0 Å². The van der Waals surface area contributed by atoms with Crippen molar-refractivity contribution in [2.45, 2.75) is 51.0 Å². The molecule has 0 radical (unpaired) electrons. The van der Waals surface area contributed by atoms with E-state index < -0.39 is 11.6 Å². The van der Waals surface area contributed by atoms with E-state index in [0.717, 1.165) is 23.4 Å². The molecule has 1 spiro atoms. The van der Waals surface area contributed by atoms with Gasteiger partial charge in [-0.2, -0.15) is 5.01 Å². The summed E-state index contributed by atoms with van der Waals surface area (Å²) in [7, 11) is 0. The fourth-order valence-electron chi connectivity index (χ4n) is 4.72. The zero-order chi connectivity index (χ0) is 22.7. The Hall–Kier alpha value is -3.16. The van der Waals surface area contributed by atoms with E-state index >= 15 is 0 Å². The molecule has 2 N–H and O–H groups in total. The lowest BCUT2D eigenvalue weighted by Gasteiger charge is -2.33. The zero-order valence-electron chi connectivity index (χ0n) is 18.4. The topological polar surface area (TPSA) is 98.8 Å². The van der Waals surface area contributed by atoms with E-state index in [-0.39, 0.29) is 23.6 Å². The van der Waals surface area contributed by atoms with E-state index in [1.54, 1.807) is 17.1 Å². The SMILES string of the molecule is CC1CCC2(CC1)NC(=O)N(NC(=O)C1CCN(C(=O)/C=C/c3ccccc3)CC1)C2=O.